The first-order valence-electron chi connectivity index (χ1n) is 5.59. The van der Waals surface area contributed by atoms with Gasteiger partial charge in [0.25, 0.3) is 0 Å². The number of aromatic nitrogens is 1. The lowest BCUT2D eigenvalue weighted by atomic mass is 10.0. The molecular weight excluding hydrogens is 252 g/mol. The van der Waals surface area contributed by atoms with Crippen LogP contribution in [0.4, 0.5) is 0 Å². The number of hydrogen-bond acceptors (Lipinski definition) is 4. The lowest BCUT2D eigenvalue weighted by Gasteiger charge is -2.13. The van der Waals surface area contributed by atoms with E-state index in [9.17, 15) is 13.2 Å². The van der Waals surface area contributed by atoms with Crippen LogP contribution in [0, 0.1) is 0 Å². The standard InChI is InChI=1S/C12H14N2O3S/c13-12(15)7-11-2-1-10(8-14-11)9-3-5-18(16,17)6-4-9/h1-3,8H,4-7H2,(H2,13,15). The molecule has 0 aromatic carbocycles. The minimum absolute atomic E-state index is 0.0887. The summed E-state index contributed by atoms with van der Waals surface area (Å²) in [5, 5.41) is 0. The summed E-state index contributed by atoms with van der Waals surface area (Å²) in [5.41, 5.74) is 7.59. The van der Waals surface area contributed by atoms with Gasteiger partial charge >= 0.3 is 0 Å². The molecule has 0 saturated carbocycles. The minimum Gasteiger partial charge on any atom is -0.369 e. The summed E-state index contributed by atoms with van der Waals surface area (Å²) in [6, 6.07) is 3.58. The summed E-state index contributed by atoms with van der Waals surface area (Å²) in [5.74, 6) is -0.147. The molecule has 96 valence electrons. The monoisotopic (exact) mass is 266 g/mol. The molecule has 0 fully saturated rings. The van der Waals surface area contributed by atoms with Gasteiger partial charge in [0.1, 0.15) is 0 Å². The molecule has 2 heterocycles. The van der Waals surface area contributed by atoms with Gasteiger partial charge in [-0.25, -0.2) is 8.42 Å². The molecule has 1 aromatic rings. The zero-order valence-electron chi connectivity index (χ0n) is 9.80. The molecule has 1 aliphatic heterocycles. The van der Waals surface area contributed by atoms with Gasteiger partial charge in [0.15, 0.2) is 9.84 Å². The molecule has 0 unspecified atom stereocenters. The Kier molecular flexibility index (Phi) is 3.47. The second-order valence-electron chi connectivity index (χ2n) is 4.28. The van der Waals surface area contributed by atoms with E-state index in [1.54, 1.807) is 18.3 Å². The third kappa shape index (κ3) is 3.16. The molecule has 2 rings (SSSR count). The third-order valence-electron chi connectivity index (χ3n) is 2.82. The maximum Gasteiger partial charge on any atom is 0.223 e. The van der Waals surface area contributed by atoms with Crippen molar-refractivity contribution in [1.29, 1.82) is 0 Å². The number of carbonyl (C=O) groups excluding carboxylic acids is 1. The zero-order valence-corrected chi connectivity index (χ0v) is 10.6. The molecule has 2 N–H and O–H groups in total. The SMILES string of the molecule is NC(=O)Cc1ccc(C2=CCS(=O)(=O)CC2)cn1. The molecule has 1 aromatic heterocycles. The van der Waals surface area contributed by atoms with Gasteiger partial charge in [0.2, 0.25) is 5.91 Å². The van der Waals surface area contributed by atoms with E-state index in [1.165, 1.54) is 0 Å². The highest BCUT2D eigenvalue weighted by molar-refractivity contribution is 7.91. The number of pyridine rings is 1. The number of sulfone groups is 1. The molecule has 0 atom stereocenters. The van der Waals surface area contributed by atoms with E-state index in [1.807, 2.05) is 6.07 Å². The highest BCUT2D eigenvalue weighted by Crippen LogP contribution is 2.22. The fourth-order valence-electron chi connectivity index (χ4n) is 1.84. The number of rotatable bonds is 3. The van der Waals surface area contributed by atoms with Crippen LogP contribution in [-0.2, 0) is 21.1 Å². The Morgan fingerprint density at radius 2 is 2.17 bits per heavy atom. The van der Waals surface area contributed by atoms with Crippen LogP contribution in [0.3, 0.4) is 0 Å². The van der Waals surface area contributed by atoms with Crippen molar-refractivity contribution in [2.45, 2.75) is 12.8 Å². The summed E-state index contributed by atoms with van der Waals surface area (Å²) in [6.45, 7) is 0. The van der Waals surface area contributed by atoms with Gasteiger partial charge in [-0.2, -0.15) is 0 Å². The fourth-order valence-corrected chi connectivity index (χ4v) is 2.99. The van der Waals surface area contributed by atoms with Crippen molar-refractivity contribution in [2.75, 3.05) is 11.5 Å². The Morgan fingerprint density at radius 3 is 2.67 bits per heavy atom. The number of allylic oxidation sites excluding steroid dienone is 1. The molecule has 0 bridgehead atoms. The number of amides is 1. The smallest absolute Gasteiger partial charge is 0.223 e. The van der Waals surface area contributed by atoms with Gasteiger partial charge in [-0.3, -0.25) is 9.78 Å². The molecular formula is C12H14N2O3S. The first-order chi connectivity index (χ1) is 8.46. The number of nitrogens with zero attached hydrogens (tertiary/aromatic N) is 1. The maximum atomic E-state index is 11.3. The number of nitrogens with two attached hydrogens (primary N) is 1. The Labute approximate surface area is 106 Å². The minimum atomic E-state index is -2.91. The van der Waals surface area contributed by atoms with Crippen molar-refractivity contribution >= 4 is 21.3 Å². The largest absolute Gasteiger partial charge is 0.369 e. The van der Waals surface area contributed by atoms with Crippen LogP contribution in [0.15, 0.2) is 24.4 Å². The fraction of sp³-hybridized carbons (Fsp3) is 0.333. The molecule has 1 amide bonds. The van der Waals surface area contributed by atoms with Gasteiger partial charge < -0.3 is 5.73 Å². The maximum absolute atomic E-state index is 11.3. The van der Waals surface area contributed by atoms with Crippen LogP contribution in [0.25, 0.3) is 5.57 Å². The summed E-state index contributed by atoms with van der Waals surface area (Å²) in [6.07, 6.45) is 4.01. The van der Waals surface area contributed by atoms with E-state index < -0.39 is 15.7 Å². The van der Waals surface area contributed by atoms with Crippen molar-refractivity contribution in [3.63, 3.8) is 0 Å². The quantitative estimate of drug-likeness (QED) is 0.852. The van der Waals surface area contributed by atoms with Gasteiger partial charge in [-0.1, -0.05) is 12.1 Å². The molecule has 0 spiro atoms. The summed E-state index contributed by atoms with van der Waals surface area (Å²) >= 11 is 0. The van der Waals surface area contributed by atoms with Crippen molar-refractivity contribution < 1.29 is 13.2 Å². The van der Waals surface area contributed by atoms with Crippen LogP contribution in [0.2, 0.25) is 0 Å². The topological polar surface area (TPSA) is 90.1 Å². The van der Waals surface area contributed by atoms with E-state index >= 15 is 0 Å². The van der Waals surface area contributed by atoms with Gasteiger partial charge in [0.05, 0.1) is 17.9 Å². The van der Waals surface area contributed by atoms with E-state index in [-0.39, 0.29) is 17.9 Å². The molecule has 0 saturated heterocycles. The normalized spacial score (nSPS) is 18.1. The zero-order chi connectivity index (χ0) is 13.2. The Balaban J connectivity index is 2.16. The van der Waals surface area contributed by atoms with Crippen molar-refractivity contribution in [1.82, 2.24) is 4.98 Å². The number of hydrogen-bond donors (Lipinski definition) is 1. The van der Waals surface area contributed by atoms with E-state index in [0.29, 0.717) is 12.1 Å². The van der Waals surface area contributed by atoms with E-state index in [4.69, 9.17) is 5.73 Å². The Bertz CT molecular complexity index is 588. The summed E-state index contributed by atoms with van der Waals surface area (Å²) < 4.78 is 22.6. The van der Waals surface area contributed by atoms with Gasteiger partial charge in [-0.05, 0) is 23.6 Å². The average molecular weight is 266 g/mol. The Morgan fingerprint density at radius 1 is 1.39 bits per heavy atom. The molecule has 1 aliphatic rings. The highest BCUT2D eigenvalue weighted by atomic mass is 32.2. The molecule has 18 heavy (non-hydrogen) atoms. The van der Waals surface area contributed by atoms with E-state index in [0.717, 1.165) is 11.1 Å². The van der Waals surface area contributed by atoms with Crippen LogP contribution < -0.4 is 5.73 Å². The second kappa shape index (κ2) is 4.89. The number of primary amides is 1. The molecule has 6 heteroatoms. The predicted molar refractivity (Wildman–Crippen MR) is 68.4 cm³/mol. The van der Waals surface area contributed by atoms with Crippen molar-refractivity contribution in [3.8, 4) is 0 Å². The van der Waals surface area contributed by atoms with Gasteiger partial charge in [-0.15, -0.1) is 0 Å². The van der Waals surface area contributed by atoms with Gasteiger partial charge in [0, 0.05) is 11.9 Å². The lowest BCUT2D eigenvalue weighted by molar-refractivity contribution is -0.117. The van der Waals surface area contributed by atoms with Crippen LogP contribution in [0.1, 0.15) is 17.7 Å². The van der Waals surface area contributed by atoms with Crippen LogP contribution in [0.5, 0.6) is 0 Å². The molecule has 5 nitrogen and oxygen atoms in total. The Hall–Kier alpha value is -1.69. The predicted octanol–water partition coefficient (Wildman–Crippen LogP) is 0.311. The highest BCUT2D eigenvalue weighted by Gasteiger charge is 2.17. The first kappa shape index (κ1) is 12.8. The average Bonchev–Trinajstić information content (AvgIpc) is 2.30. The van der Waals surface area contributed by atoms with Crippen molar-refractivity contribution in [3.05, 3.63) is 35.7 Å². The molecule has 0 radical (unpaired) electrons. The first-order valence-corrected chi connectivity index (χ1v) is 7.41. The molecule has 0 aliphatic carbocycles. The van der Waals surface area contributed by atoms with Crippen molar-refractivity contribution in [2.24, 2.45) is 5.73 Å². The number of carbonyl (C=O) groups is 1. The van der Waals surface area contributed by atoms with E-state index in [2.05, 4.69) is 4.98 Å². The van der Waals surface area contributed by atoms with Crippen LogP contribution >= 0.6 is 0 Å². The lowest BCUT2D eigenvalue weighted by Crippen LogP contribution is -2.16. The third-order valence-corrected chi connectivity index (χ3v) is 4.32. The summed E-state index contributed by atoms with van der Waals surface area (Å²) in [4.78, 5) is 14.9. The second-order valence-corrected chi connectivity index (χ2v) is 6.50. The summed E-state index contributed by atoms with van der Waals surface area (Å²) in [7, 11) is -2.91. The van der Waals surface area contributed by atoms with Crippen LogP contribution in [-0.4, -0.2) is 30.8 Å².